The fourth-order valence-electron chi connectivity index (χ4n) is 8.70. The molecule has 0 aromatic heterocycles. The Morgan fingerprint density at radius 1 is 0.302 bits per heavy atom. The van der Waals surface area contributed by atoms with E-state index >= 15 is 0 Å². The van der Waals surface area contributed by atoms with Crippen LogP contribution < -0.4 is 0 Å². The zero-order chi connectivity index (χ0) is 46.1. The van der Waals surface area contributed by atoms with Crippen molar-refractivity contribution in [1.29, 1.82) is 0 Å². The van der Waals surface area contributed by atoms with Crippen LogP contribution in [0.15, 0.2) is 0 Å². The molecule has 0 aliphatic carbocycles. The van der Waals surface area contributed by atoms with E-state index < -0.39 is 6.10 Å². The van der Waals surface area contributed by atoms with E-state index in [-0.39, 0.29) is 31.1 Å². The lowest BCUT2D eigenvalue weighted by atomic mass is 10.0. The Labute approximate surface area is 393 Å². The molecule has 6 nitrogen and oxygen atoms in total. The molecule has 0 N–H and O–H groups in total. The van der Waals surface area contributed by atoms with Gasteiger partial charge in [0, 0.05) is 19.3 Å². The first-order chi connectivity index (χ1) is 30.7. The number of unbranched alkanes of at least 4 members (excludes halogenated alkanes) is 36. The van der Waals surface area contributed by atoms with E-state index in [1.807, 2.05) is 0 Å². The maximum absolute atomic E-state index is 12.8. The topological polar surface area (TPSA) is 78.9 Å². The third kappa shape index (κ3) is 51.3. The highest BCUT2D eigenvalue weighted by molar-refractivity contribution is 5.71. The van der Waals surface area contributed by atoms with Gasteiger partial charge in [-0.25, -0.2) is 0 Å². The zero-order valence-corrected chi connectivity index (χ0v) is 43.2. The maximum Gasteiger partial charge on any atom is 0.306 e. The summed E-state index contributed by atoms with van der Waals surface area (Å²) in [7, 11) is 0. The van der Waals surface area contributed by atoms with Gasteiger partial charge in [0.15, 0.2) is 6.10 Å². The number of ether oxygens (including phenoxy) is 3. The number of hydrogen-bond acceptors (Lipinski definition) is 6. The van der Waals surface area contributed by atoms with Gasteiger partial charge in [-0.15, -0.1) is 0 Å². The molecule has 0 saturated carbocycles. The summed E-state index contributed by atoms with van der Waals surface area (Å²) in [4.78, 5) is 38.1. The highest BCUT2D eigenvalue weighted by atomic mass is 16.6. The van der Waals surface area contributed by atoms with E-state index in [9.17, 15) is 14.4 Å². The molecule has 63 heavy (non-hydrogen) atoms. The van der Waals surface area contributed by atoms with Crippen LogP contribution in [0.3, 0.4) is 0 Å². The SMILES string of the molecule is CCCCCCCCCCCCCCCCCCC(=O)OC[C@H](COC(=O)CCCCCCCCCCCCCC(C)C)OC(=O)CCCCCCCCCCCCCCC(C)C. The van der Waals surface area contributed by atoms with Crippen LogP contribution in [0.1, 0.15) is 317 Å². The van der Waals surface area contributed by atoms with E-state index in [4.69, 9.17) is 14.2 Å². The van der Waals surface area contributed by atoms with Gasteiger partial charge >= 0.3 is 17.9 Å². The number of hydrogen-bond donors (Lipinski definition) is 0. The summed E-state index contributed by atoms with van der Waals surface area (Å²) < 4.78 is 16.9. The van der Waals surface area contributed by atoms with Crippen LogP contribution in [0.25, 0.3) is 0 Å². The van der Waals surface area contributed by atoms with E-state index in [0.29, 0.717) is 19.3 Å². The largest absolute Gasteiger partial charge is 0.462 e. The molecule has 6 heteroatoms. The molecule has 374 valence electrons. The third-order valence-corrected chi connectivity index (χ3v) is 13.0. The van der Waals surface area contributed by atoms with Crippen molar-refractivity contribution < 1.29 is 28.6 Å². The van der Waals surface area contributed by atoms with Crippen LogP contribution >= 0.6 is 0 Å². The first kappa shape index (κ1) is 61.4. The molecular weight excluding hydrogens is 781 g/mol. The van der Waals surface area contributed by atoms with Crippen LogP contribution in [0.5, 0.6) is 0 Å². The van der Waals surface area contributed by atoms with Crippen molar-refractivity contribution in [3.63, 3.8) is 0 Å². The Kier molecular flexibility index (Phi) is 48.6. The minimum Gasteiger partial charge on any atom is -0.462 e. The second kappa shape index (κ2) is 49.8. The summed E-state index contributed by atoms with van der Waals surface area (Å²) in [6, 6.07) is 0. The monoisotopic (exact) mass is 891 g/mol. The smallest absolute Gasteiger partial charge is 0.306 e. The van der Waals surface area contributed by atoms with Crippen LogP contribution in [0, 0.1) is 11.8 Å². The Morgan fingerprint density at radius 3 is 0.778 bits per heavy atom. The van der Waals surface area contributed by atoms with Crippen molar-refractivity contribution in [2.24, 2.45) is 11.8 Å². The summed E-state index contributed by atoms with van der Waals surface area (Å²) in [5, 5.41) is 0. The quantitative estimate of drug-likeness (QED) is 0.0344. The van der Waals surface area contributed by atoms with Crippen molar-refractivity contribution >= 4 is 17.9 Å². The molecular formula is C57H110O6. The van der Waals surface area contributed by atoms with Gasteiger partial charge in [-0.05, 0) is 31.1 Å². The Hall–Kier alpha value is -1.59. The number of rotatable bonds is 51. The normalized spacial score (nSPS) is 12.0. The molecule has 0 unspecified atom stereocenters. The Balaban J connectivity index is 4.31. The predicted octanol–water partition coefficient (Wildman–Crippen LogP) is 18.5. The first-order valence-electron chi connectivity index (χ1n) is 28.2. The van der Waals surface area contributed by atoms with Crippen molar-refractivity contribution in [3.05, 3.63) is 0 Å². The average Bonchev–Trinajstić information content (AvgIpc) is 3.25. The molecule has 0 radical (unpaired) electrons. The van der Waals surface area contributed by atoms with Gasteiger partial charge in [-0.2, -0.15) is 0 Å². The molecule has 0 spiro atoms. The molecule has 0 fully saturated rings. The molecule has 0 heterocycles. The molecule has 0 rings (SSSR count). The number of carbonyl (C=O) groups is 3. The average molecular weight is 892 g/mol. The number of carbonyl (C=O) groups excluding carboxylic acids is 3. The third-order valence-electron chi connectivity index (χ3n) is 13.0. The summed E-state index contributed by atoms with van der Waals surface area (Å²) in [6.45, 7) is 11.4. The lowest BCUT2D eigenvalue weighted by Crippen LogP contribution is -2.30. The van der Waals surface area contributed by atoms with E-state index in [1.54, 1.807) is 0 Å². The lowest BCUT2D eigenvalue weighted by molar-refractivity contribution is -0.167. The van der Waals surface area contributed by atoms with Gasteiger partial charge in [0.05, 0.1) is 0 Å². The van der Waals surface area contributed by atoms with Crippen LogP contribution in [-0.2, 0) is 28.6 Å². The van der Waals surface area contributed by atoms with E-state index in [0.717, 1.165) is 69.6 Å². The van der Waals surface area contributed by atoms with E-state index in [2.05, 4.69) is 34.6 Å². The molecule has 0 amide bonds. The first-order valence-corrected chi connectivity index (χ1v) is 28.2. The zero-order valence-electron chi connectivity index (χ0n) is 43.2. The van der Waals surface area contributed by atoms with Crippen molar-refractivity contribution in [2.45, 2.75) is 323 Å². The van der Waals surface area contributed by atoms with Gasteiger partial charge in [-0.1, -0.05) is 279 Å². The predicted molar refractivity (Wildman–Crippen MR) is 270 cm³/mol. The summed E-state index contributed by atoms with van der Waals surface area (Å²) >= 11 is 0. The van der Waals surface area contributed by atoms with E-state index in [1.165, 1.54) is 205 Å². The lowest BCUT2D eigenvalue weighted by Gasteiger charge is -2.18. The fraction of sp³-hybridized carbons (Fsp3) is 0.947. The minimum absolute atomic E-state index is 0.0629. The highest BCUT2D eigenvalue weighted by Gasteiger charge is 2.19. The van der Waals surface area contributed by atoms with Gasteiger partial charge in [0.2, 0.25) is 0 Å². The fourth-order valence-corrected chi connectivity index (χ4v) is 8.70. The second-order valence-electron chi connectivity index (χ2n) is 20.5. The van der Waals surface area contributed by atoms with Crippen LogP contribution in [-0.4, -0.2) is 37.2 Å². The number of esters is 3. The Morgan fingerprint density at radius 2 is 0.524 bits per heavy atom. The van der Waals surface area contributed by atoms with Crippen LogP contribution in [0.2, 0.25) is 0 Å². The minimum atomic E-state index is -0.762. The summed E-state index contributed by atoms with van der Waals surface area (Å²) in [5.41, 5.74) is 0. The summed E-state index contributed by atoms with van der Waals surface area (Å²) in [5.74, 6) is 0.818. The summed E-state index contributed by atoms with van der Waals surface area (Å²) in [6.07, 6.45) is 52.3. The van der Waals surface area contributed by atoms with Crippen molar-refractivity contribution in [3.8, 4) is 0 Å². The molecule has 0 aromatic rings. The highest BCUT2D eigenvalue weighted by Crippen LogP contribution is 2.18. The van der Waals surface area contributed by atoms with Crippen molar-refractivity contribution in [2.75, 3.05) is 13.2 Å². The molecule has 0 aliphatic rings. The second-order valence-corrected chi connectivity index (χ2v) is 20.5. The molecule has 0 saturated heterocycles. The maximum atomic E-state index is 12.8. The standard InChI is InChI=1S/C57H110O6/c1-6-7-8-9-10-11-12-13-14-15-16-22-27-32-37-42-47-55(58)61-50-54(51-62-56(59)48-43-38-33-28-24-19-21-26-31-36-41-46-53(4)5)63-57(60)49-44-39-34-29-23-18-17-20-25-30-35-40-45-52(2)3/h52-54H,6-51H2,1-5H3/t54-/m1/s1. The molecule has 0 bridgehead atoms. The van der Waals surface area contributed by atoms with Gasteiger partial charge in [0.1, 0.15) is 13.2 Å². The van der Waals surface area contributed by atoms with Crippen LogP contribution in [0.4, 0.5) is 0 Å². The molecule has 0 aromatic carbocycles. The van der Waals surface area contributed by atoms with Gasteiger partial charge < -0.3 is 14.2 Å². The van der Waals surface area contributed by atoms with Gasteiger partial charge in [0.25, 0.3) is 0 Å². The molecule has 0 aliphatic heterocycles. The van der Waals surface area contributed by atoms with Gasteiger partial charge in [-0.3, -0.25) is 14.4 Å². The molecule has 1 atom stereocenters. The Bertz CT molecular complexity index is 962. The van der Waals surface area contributed by atoms with Crippen molar-refractivity contribution in [1.82, 2.24) is 0 Å².